The highest BCUT2D eigenvalue weighted by molar-refractivity contribution is 14.0. The van der Waals surface area contributed by atoms with Gasteiger partial charge in [0.25, 0.3) is 0 Å². The van der Waals surface area contributed by atoms with Gasteiger partial charge in [0.2, 0.25) is 0 Å². The SMILES string of the molecule is CCc1ccc(NC(N)=NCCS(=O)(=O)c2ccccc2)cc1.I. The highest BCUT2D eigenvalue weighted by Gasteiger charge is 2.12. The molecule has 3 N–H and O–H groups in total. The van der Waals surface area contributed by atoms with E-state index in [1.54, 1.807) is 30.3 Å². The van der Waals surface area contributed by atoms with Crippen LogP contribution in [0.3, 0.4) is 0 Å². The molecule has 2 rings (SSSR count). The van der Waals surface area contributed by atoms with Gasteiger partial charge in [-0.3, -0.25) is 4.99 Å². The van der Waals surface area contributed by atoms with Gasteiger partial charge in [-0.1, -0.05) is 37.3 Å². The lowest BCUT2D eigenvalue weighted by Gasteiger charge is -2.07. The third-order valence-corrected chi connectivity index (χ3v) is 5.09. The summed E-state index contributed by atoms with van der Waals surface area (Å²) in [5.74, 6) is 0.131. The summed E-state index contributed by atoms with van der Waals surface area (Å²) in [5.41, 5.74) is 7.85. The lowest BCUT2D eigenvalue weighted by atomic mass is 10.1. The molecule has 130 valence electrons. The second-order valence-electron chi connectivity index (χ2n) is 5.07. The number of nitrogens with two attached hydrogens (primary N) is 1. The fourth-order valence-corrected chi connectivity index (χ4v) is 3.18. The van der Waals surface area contributed by atoms with Crippen molar-refractivity contribution < 1.29 is 8.42 Å². The van der Waals surface area contributed by atoms with E-state index in [2.05, 4.69) is 17.2 Å². The Morgan fingerprint density at radius 3 is 2.29 bits per heavy atom. The normalized spacial score (nSPS) is 11.6. The quantitative estimate of drug-likeness (QED) is 0.395. The number of rotatable bonds is 6. The molecule has 0 fully saturated rings. The van der Waals surface area contributed by atoms with Crippen LogP contribution in [0, 0.1) is 0 Å². The highest BCUT2D eigenvalue weighted by Crippen LogP contribution is 2.11. The van der Waals surface area contributed by atoms with Crippen molar-refractivity contribution in [3.05, 3.63) is 60.2 Å². The molecule has 0 bridgehead atoms. The van der Waals surface area contributed by atoms with Crippen LogP contribution in [0.1, 0.15) is 12.5 Å². The molecule has 0 spiro atoms. The predicted octanol–water partition coefficient (Wildman–Crippen LogP) is 3.07. The Balaban J connectivity index is 0.00000288. The lowest BCUT2D eigenvalue weighted by Crippen LogP contribution is -2.24. The second kappa shape index (κ2) is 9.63. The first-order valence-corrected chi connectivity index (χ1v) is 9.10. The zero-order valence-electron chi connectivity index (χ0n) is 13.5. The van der Waals surface area contributed by atoms with Gasteiger partial charge < -0.3 is 11.1 Å². The van der Waals surface area contributed by atoms with Crippen molar-refractivity contribution in [2.45, 2.75) is 18.2 Å². The Hall–Kier alpha value is -1.61. The molecule has 2 aromatic rings. The van der Waals surface area contributed by atoms with Gasteiger partial charge in [-0.15, -0.1) is 24.0 Å². The Bertz CT molecular complexity index is 760. The summed E-state index contributed by atoms with van der Waals surface area (Å²) < 4.78 is 24.2. The number of anilines is 1. The van der Waals surface area contributed by atoms with Crippen LogP contribution in [-0.2, 0) is 16.3 Å². The number of aliphatic imine (C=N–C) groups is 1. The minimum atomic E-state index is -3.33. The van der Waals surface area contributed by atoms with Crippen LogP contribution in [0.4, 0.5) is 5.69 Å². The number of nitrogens with one attached hydrogen (secondary N) is 1. The maximum atomic E-state index is 12.1. The molecule has 0 heterocycles. The van der Waals surface area contributed by atoms with E-state index in [1.165, 1.54) is 5.56 Å². The molecule has 0 saturated carbocycles. The van der Waals surface area contributed by atoms with E-state index in [0.717, 1.165) is 12.1 Å². The number of hydrogen-bond donors (Lipinski definition) is 2. The first kappa shape index (κ1) is 20.4. The molecule has 0 radical (unpaired) electrons. The lowest BCUT2D eigenvalue weighted by molar-refractivity contribution is 0.596. The number of benzene rings is 2. The number of aryl methyl sites for hydroxylation is 1. The second-order valence-corrected chi connectivity index (χ2v) is 7.18. The highest BCUT2D eigenvalue weighted by atomic mass is 127. The summed E-state index contributed by atoms with van der Waals surface area (Å²) in [6.07, 6.45) is 0.973. The minimum absolute atomic E-state index is 0. The average molecular weight is 459 g/mol. The summed E-state index contributed by atoms with van der Waals surface area (Å²) in [5, 5.41) is 2.95. The summed E-state index contributed by atoms with van der Waals surface area (Å²) in [4.78, 5) is 4.38. The van der Waals surface area contributed by atoms with Gasteiger partial charge in [0.1, 0.15) is 0 Å². The summed E-state index contributed by atoms with van der Waals surface area (Å²) in [6.45, 7) is 2.20. The van der Waals surface area contributed by atoms with E-state index in [1.807, 2.05) is 24.3 Å². The number of nitrogens with zero attached hydrogens (tertiary/aromatic N) is 1. The summed E-state index contributed by atoms with van der Waals surface area (Å²) in [7, 11) is -3.33. The largest absolute Gasteiger partial charge is 0.370 e. The average Bonchev–Trinajstić information content (AvgIpc) is 2.56. The topological polar surface area (TPSA) is 84.5 Å². The van der Waals surface area contributed by atoms with E-state index in [9.17, 15) is 8.42 Å². The van der Waals surface area contributed by atoms with E-state index in [0.29, 0.717) is 4.90 Å². The Kier molecular flexibility index (Phi) is 8.20. The van der Waals surface area contributed by atoms with Crippen LogP contribution in [-0.4, -0.2) is 26.7 Å². The third-order valence-electron chi connectivity index (χ3n) is 3.38. The minimum Gasteiger partial charge on any atom is -0.370 e. The molecule has 24 heavy (non-hydrogen) atoms. The smallest absolute Gasteiger partial charge is 0.193 e. The molecule has 0 atom stereocenters. The molecule has 0 unspecified atom stereocenters. The van der Waals surface area contributed by atoms with Gasteiger partial charge in [0.05, 0.1) is 17.2 Å². The van der Waals surface area contributed by atoms with Crippen molar-refractivity contribution in [2.24, 2.45) is 10.7 Å². The van der Waals surface area contributed by atoms with Crippen molar-refractivity contribution in [2.75, 3.05) is 17.6 Å². The zero-order valence-corrected chi connectivity index (χ0v) is 16.6. The maximum absolute atomic E-state index is 12.1. The van der Waals surface area contributed by atoms with Crippen molar-refractivity contribution in [1.82, 2.24) is 0 Å². The third kappa shape index (κ3) is 6.12. The number of halogens is 1. The van der Waals surface area contributed by atoms with E-state index >= 15 is 0 Å². The summed E-state index contributed by atoms with van der Waals surface area (Å²) in [6, 6.07) is 16.2. The van der Waals surface area contributed by atoms with Gasteiger partial charge in [-0.2, -0.15) is 0 Å². The van der Waals surface area contributed by atoms with Crippen LogP contribution in [0.25, 0.3) is 0 Å². The van der Waals surface area contributed by atoms with Crippen LogP contribution < -0.4 is 11.1 Å². The molecule has 0 aliphatic rings. The van der Waals surface area contributed by atoms with Crippen molar-refractivity contribution in [3.8, 4) is 0 Å². The molecule has 7 heteroatoms. The number of sulfone groups is 1. The van der Waals surface area contributed by atoms with Gasteiger partial charge in [-0.05, 0) is 36.2 Å². The van der Waals surface area contributed by atoms with Crippen molar-refractivity contribution in [3.63, 3.8) is 0 Å². The number of hydrogen-bond acceptors (Lipinski definition) is 3. The van der Waals surface area contributed by atoms with Gasteiger partial charge in [0.15, 0.2) is 15.8 Å². The number of guanidine groups is 1. The zero-order chi connectivity index (χ0) is 16.7. The van der Waals surface area contributed by atoms with Crippen LogP contribution in [0.5, 0.6) is 0 Å². The predicted molar refractivity (Wildman–Crippen MR) is 110 cm³/mol. The van der Waals surface area contributed by atoms with Gasteiger partial charge >= 0.3 is 0 Å². The van der Waals surface area contributed by atoms with Gasteiger partial charge in [0, 0.05) is 5.69 Å². The first-order chi connectivity index (χ1) is 11.0. The van der Waals surface area contributed by atoms with Crippen LogP contribution >= 0.6 is 24.0 Å². The Morgan fingerprint density at radius 2 is 1.71 bits per heavy atom. The van der Waals surface area contributed by atoms with E-state index in [4.69, 9.17) is 5.73 Å². The molecule has 0 saturated heterocycles. The van der Waals surface area contributed by atoms with Crippen molar-refractivity contribution >= 4 is 45.5 Å². The maximum Gasteiger partial charge on any atom is 0.193 e. The fraction of sp³-hybridized carbons (Fsp3) is 0.235. The molecular formula is C17H22IN3O2S. The van der Waals surface area contributed by atoms with Crippen LogP contribution in [0.2, 0.25) is 0 Å². The molecule has 0 amide bonds. The standard InChI is InChI=1S/C17H21N3O2S.HI/c1-2-14-8-10-15(11-9-14)20-17(18)19-12-13-23(21,22)16-6-4-3-5-7-16;/h3-11H,2,12-13H2,1H3,(H3,18,19,20);1H. The Labute approximate surface area is 160 Å². The molecule has 5 nitrogen and oxygen atoms in total. The van der Waals surface area contributed by atoms with Gasteiger partial charge in [-0.25, -0.2) is 8.42 Å². The molecule has 0 aliphatic heterocycles. The molecule has 2 aromatic carbocycles. The van der Waals surface area contributed by atoms with Crippen molar-refractivity contribution in [1.29, 1.82) is 0 Å². The van der Waals surface area contributed by atoms with E-state index < -0.39 is 9.84 Å². The Morgan fingerprint density at radius 1 is 1.08 bits per heavy atom. The molecule has 0 aromatic heterocycles. The first-order valence-electron chi connectivity index (χ1n) is 7.45. The summed E-state index contributed by atoms with van der Waals surface area (Å²) >= 11 is 0. The van der Waals surface area contributed by atoms with E-state index in [-0.39, 0.29) is 42.2 Å². The fourth-order valence-electron chi connectivity index (χ4n) is 2.04. The molecular weight excluding hydrogens is 437 g/mol. The monoisotopic (exact) mass is 459 g/mol. The molecule has 0 aliphatic carbocycles. The van der Waals surface area contributed by atoms with Crippen LogP contribution in [0.15, 0.2) is 64.5 Å².